The van der Waals surface area contributed by atoms with Crippen LogP contribution in [-0.2, 0) is 4.74 Å². The minimum absolute atomic E-state index is 0.0783. The highest BCUT2D eigenvalue weighted by atomic mass is 16.5. The van der Waals surface area contributed by atoms with Crippen LogP contribution in [-0.4, -0.2) is 46.3 Å². The van der Waals surface area contributed by atoms with Gasteiger partial charge in [-0.05, 0) is 104 Å². The van der Waals surface area contributed by atoms with Crippen LogP contribution in [0.4, 0.5) is 0 Å². The van der Waals surface area contributed by atoms with Crippen molar-refractivity contribution in [2.75, 3.05) is 6.61 Å². The number of fused-ring (bicyclic) bond motifs is 5. The Morgan fingerprint density at radius 2 is 1.77 bits per heavy atom. The Morgan fingerprint density at radius 1 is 1.00 bits per heavy atom. The zero-order chi connectivity index (χ0) is 22.1. The number of aliphatic hydroxyl groups excluding tert-OH is 3. The summed E-state index contributed by atoms with van der Waals surface area (Å²) in [6, 6.07) is 0. The zero-order valence-electron chi connectivity index (χ0n) is 20.2. The summed E-state index contributed by atoms with van der Waals surface area (Å²) in [6.07, 6.45) is 8.78. The van der Waals surface area contributed by atoms with Crippen molar-refractivity contribution in [3.63, 3.8) is 0 Å². The van der Waals surface area contributed by atoms with E-state index in [4.69, 9.17) is 4.74 Å². The van der Waals surface area contributed by atoms with E-state index in [-0.39, 0.29) is 29.1 Å². The molecule has 5 fully saturated rings. The summed E-state index contributed by atoms with van der Waals surface area (Å²) in [5, 5.41) is 33.3. The molecule has 4 saturated carbocycles. The standard InChI is InChI=1S/C27H46O4/c1-15(5-8-23-16(2)14-31-23)19-6-7-20-25-21(13-24(30)27(19,20)4)26(3)10-9-18(28)11-17(26)12-22(25)29/h15-25,28-30H,5-14H2,1-4H3/t15-,16+,17-,18-,19-,20+,21+,22-,23-,24+,25+,26+,27-/m1/s1. The lowest BCUT2D eigenvalue weighted by Crippen LogP contribution is -2.62. The first kappa shape index (κ1) is 22.6. The molecule has 5 rings (SSSR count). The van der Waals surface area contributed by atoms with Gasteiger partial charge in [0.1, 0.15) is 0 Å². The molecule has 1 saturated heterocycles. The van der Waals surface area contributed by atoms with E-state index in [0.29, 0.717) is 47.5 Å². The first-order valence-corrected chi connectivity index (χ1v) is 13.3. The van der Waals surface area contributed by atoms with Gasteiger partial charge < -0.3 is 20.1 Å². The van der Waals surface area contributed by atoms with E-state index in [0.717, 1.165) is 51.6 Å². The van der Waals surface area contributed by atoms with Crippen molar-refractivity contribution < 1.29 is 20.1 Å². The fourth-order valence-corrected chi connectivity index (χ4v) is 9.55. The average Bonchev–Trinajstić information content (AvgIpc) is 3.07. The highest BCUT2D eigenvalue weighted by molar-refractivity contribution is 5.14. The predicted molar refractivity (Wildman–Crippen MR) is 121 cm³/mol. The maximum absolute atomic E-state index is 11.7. The molecule has 178 valence electrons. The fourth-order valence-electron chi connectivity index (χ4n) is 9.55. The molecule has 4 heteroatoms. The van der Waals surface area contributed by atoms with Crippen molar-refractivity contribution >= 4 is 0 Å². The Hall–Kier alpha value is -0.160. The van der Waals surface area contributed by atoms with Gasteiger partial charge in [-0.3, -0.25) is 0 Å². The van der Waals surface area contributed by atoms with Gasteiger partial charge in [-0.1, -0.05) is 27.7 Å². The van der Waals surface area contributed by atoms with Crippen molar-refractivity contribution in [1.82, 2.24) is 0 Å². The van der Waals surface area contributed by atoms with Crippen LogP contribution in [0.1, 0.15) is 85.5 Å². The Morgan fingerprint density at radius 3 is 2.45 bits per heavy atom. The van der Waals surface area contributed by atoms with Crippen LogP contribution in [0.3, 0.4) is 0 Å². The summed E-state index contributed by atoms with van der Waals surface area (Å²) < 4.78 is 5.76. The van der Waals surface area contributed by atoms with Gasteiger partial charge in [0.2, 0.25) is 0 Å². The van der Waals surface area contributed by atoms with Crippen molar-refractivity contribution in [1.29, 1.82) is 0 Å². The summed E-state index contributed by atoms with van der Waals surface area (Å²) in [4.78, 5) is 0. The van der Waals surface area contributed by atoms with Gasteiger partial charge in [0.05, 0.1) is 31.0 Å². The largest absolute Gasteiger partial charge is 0.393 e. The monoisotopic (exact) mass is 434 g/mol. The van der Waals surface area contributed by atoms with Crippen molar-refractivity contribution in [2.24, 2.45) is 52.3 Å². The molecule has 0 spiro atoms. The summed E-state index contributed by atoms with van der Waals surface area (Å²) >= 11 is 0. The highest BCUT2D eigenvalue weighted by Crippen LogP contribution is 2.68. The van der Waals surface area contributed by atoms with Crippen molar-refractivity contribution in [3.05, 3.63) is 0 Å². The van der Waals surface area contributed by atoms with Crippen LogP contribution in [0.15, 0.2) is 0 Å². The minimum Gasteiger partial charge on any atom is -0.393 e. The molecule has 13 atom stereocenters. The Balaban J connectivity index is 1.36. The van der Waals surface area contributed by atoms with Crippen molar-refractivity contribution in [3.8, 4) is 0 Å². The van der Waals surface area contributed by atoms with E-state index < -0.39 is 0 Å². The Kier molecular flexibility index (Phi) is 5.81. The van der Waals surface area contributed by atoms with Crippen molar-refractivity contribution in [2.45, 2.75) is 110 Å². The number of hydrogen-bond acceptors (Lipinski definition) is 4. The van der Waals surface area contributed by atoms with Crippen LogP contribution in [0.25, 0.3) is 0 Å². The smallest absolute Gasteiger partial charge is 0.0622 e. The first-order valence-electron chi connectivity index (χ1n) is 13.3. The second-order valence-corrected chi connectivity index (χ2v) is 12.9. The third kappa shape index (κ3) is 3.37. The molecular formula is C27H46O4. The maximum atomic E-state index is 11.7. The second kappa shape index (κ2) is 7.96. The molecule has 0 amide bonds. The minimum atomic E-state index is -0.276. The quantitative estimate of drug-likeness (QED) is 0.613. The third-order valence-corrected chi connectivity index (χ3v) is 11.6. The van der Waals surface area contributed by atoms with E-state index in [1.807, 2.05) is 0 Å². The zero-order valence-corrected chi connectivity index (χ0v) is 20.2. The summed E-state index contributed by atoms with van der Waals surface area (Å²) in [6.45, 7) is 10.4. The molecule has 3 N–H and O–H groups in total. The molecule has 1 aliphatic heterocycles. The second-order valence-electron chi connectivity index (χ2n) is 12.9. The topological polar surface area (TPSA) is 69.9 Å². The molecule has 0 unspecified atom stereocenters. The molecule has 0 bridgehead atoms. The van der Waals surface area contributed by atoms with Crippen LogP contribution in [0, 0.1) is 52.3 Å². The SMILES string of the molecule is C[C@H](CC[C@H]1OC[C@@H]1C)[C@H]1CC[C@H]2[C@@H]3[C@H](O)C[C@H]4C[C@H](O)CC[C@]4(C)[C@H]3C[C@H](O)[C@]12C. The van der Waals surface area contributed by atoms with E-state index in [1.165, 1.54) is 12.8 Å². The maximum Gasteiger partial charge on any atom is 0.0622 e. The van der Waals surface area contributed by atoms with Gasteiger partial charge in [0.15, 0.2) is 0 Å². The van der Waals surface area contributed by atoms with E-state index in [2.05, 4.69) is 27.7 Å². The molecule has 5 aliphatic rings. The van der Waals surface area contributed by atoms with Gasteiger partial charge in [0.25, 0.3) is 0 Å². The average molecular weight is 435 g/mol. The lowest BCUT2D eigenvalue weighted by molar-refractivity contribution is -0.207. The molecule has 0 aromatic heterocycles. The molecule has 0 radical (unpaired) electrons. The van der Waals surface area contributed by atoms with Crippen LogP contribution in [0.2, 0.25) is 0 Å². The van der Waals surface area contributed by atoms with Gasteiger partial charge in [-0.15, -0.1) is 0 Å². The number of aliphatic hydroxyl groups is 3. The van der Waals surface area contributed by atoms with E-state index in [1.54, 1.807) is 0 Å². The Bertz CT molecular complexity index is 668. The third-order valence-electron chi connectivity index (χ3n) is 11.6. The predicted octanol–water partition coefficient (Wildman–Crippen LogP) is 4.40. The molecule has 1 heterocycles. The van der Waals surface area contributed by atoms with Gasteiger partial charge in [0, 0.05) is 5.92 Å². The Labute approximate surface area is 189 Å². The molecular weight excluding hydrogens is 388 g/mol. The molecule has 31 heavy (non-hydrogen) atoms. The number of rotatable bonds is 4. The first-order chi connectivity index (χ1) is 14.7. The van der Waals surface area contributed by atoms with Gasteiger partial charge in [-0.2, -0.15) is 0 Å². The summed E-state index contributed by atoms with van der Waals surface area (Å²) in [7, 11) is 0. The van der Waals surface area contributed by atoms with Crippen LogP contribution in [0.5, 0.6) is 0 Å². The number of hydrogen-bond donors (Lipinski definition) is 3. The number of ether oxygens (including phenoxy) is 1. The molecule has 4 aliphatic carbocycles. The summed E-state index contributed by atoms with van der Waals surface area (Å²) in [5.74, 6) is 3.34. The normalized spacial score (nSPS) is 57.4. The van der Waals surface area contributed by atoms with Crippen LogP contribution >= 0.6 is 0 Å². The van der Waals surface area contributed by atoms with E-state index in [9.17, 15) is 15.3 Å². The molecule has 0 aromatic carbocycles. The highest BCUT2D eigenvalue weighted by Gasteiger charge is 2.65. The lowest BCUT2D eigenvalue weighted by Gasteiger charge is -2.63. The molecule has 0 aromatic rings. The van der Waals surface area contributed by atoms with E-state index >= 15 is 0 Å². The molecule has 4 nitrogen and oxygen atoms in total. The fraction of sp³-hybridized carbons (Fsp3) is 1.00. The summed E-state index contributed by atoms with van der Waals surface area (Å²) in [5.41, 5.74) is 0.0812. The van der Waals surface area contributed by atoms with Gasteiger partial charge in [-0.25, -0.2) is 0 Å². The van der Waals surface area contributed by atoms with Crippen LogP contribution < -0.4 is 0 Å². The lowest BCUT2D eigenvalue weighted by atomic mass is 9.43. The van der Waals surface area contributed by atoms with Gasteiger partial charge >= 0.3 is 0 Å².